The third-order valence-corrected chi connectivity index (χ3v) is 6.21. The molecule has 4 rings (SSSR count). The van der Waals surface area contributed by atoms with Crippen LogP contribution >= 0.6 is 0 Å². The van der Waals surface area contributed by atoms with Gasteiger partial charge in [0.05, 0.1) is 20.8 Å². The van der Waals surface area contributed by atoms with Crippen molar-refractivity contribution in [2.45, 2.75) is 39.3 Å². The molecule has 4 aromatic rings. The van der Waals surface area contributed by atoms with E-state index in [2.05, 4.69) is 0 Å². The summed E-state index contributed by atoms with van der Waals surface area (Å²) in [5.74, 6) is -4.54. The fourth-order valence-corrected chi connectivity index (χ4v) is 3.99. The number of nitrogens with zero attached hydrogens (tertiary/aromatic N) is 2. The van der Waals surface area contributed by atoms with E-state index in [0.717, 1.165) is 42.8 Å². The Kier molecular flexibility index (Phi) is 7.51. The first-order valence-corrected chi connectivity index (χ1v) is 12.1. The Balaban J connectivity index is 1.73. The van der Waals surface area contributed by atoms with Crippen LogP contribution in [-0.4, -0.2) is 15.8 Å². The van der Waals surface area contributed by atoms with Crippen LogP contribution < -0.4 is 14.9 Å². The number of hydrogen-bond acceptors (Lipinski definition) is 9. The van der Waals surface area contributed by atoms with E-state index in [1.807, 2.05) is 20.8 Å². The zero-order valence-electron chi connectivity index (χ0n) is 22.4. The number of nitro benzene ring substituents is 2. The number of hydrogen-bond donors (Lipinski definition) is 0. The van der Waals surface area contributed by atoms with Gasteiger partial charge in [0.25, 0.3) is 17.1 Å². The van der Waals surface area contributed by atoms with Gasteiger partial charge in [0, 0.05) is 18.2 Å². The minimum atomic E-state index is -5.15. The normalized spacial score (nSPS) is 11.8. The Hall–Kier alpha value is -5.27. The zero-order chi connectivity index (χ0) is 31.1. The predicted molar refractivity (Wildman–Crippen MR) is 142 cm³/mol. The first-order chi connectivity index (χ1) is 19.5. The molecule has 3 aromatic carbocycles. The van der Waals surface area contributed by atoms with Crippen LogP contribution in [0.1, 0.15) is 48.0 Å². The molecular weight excluding hydrogens is 565 g/mol. The lowest BCUT2D eigenvalue weighted by Gasteiger charge is -2.19. The Morgan fingerprint density at radius 3 is 1.93 bits per heavy atom. The maximum atomic E-state index is 13.9. The summed E-state index contributed by atoms with van der Waals surface area (Å²) in [4.78, 5) is 46.6. The molecule has 0 unspecified atom stereocenters. The Labute approximate surface area is 234 Å². The standard InChI is InChI=1S/C28H21F3N2O9/c1-14-20(32(36)37)11-15(12-21(14)33(38)39)26(35)41-18-9-10-19-22(13-18)42-25(28(29,30)31)24(23(19)34)40-17-7-5-16(6-8-17)27(2,3)4/h5-13H,1-4H3. The maximum absolute atomic E-state index is 13.9. The average molecular weight is 586 g/mol. The molecule has 1 heterocycles. The monoisotopic (exact) mass is 586 g/mol. The number of esters is 1. The van der Waals surface area contributed by atoms with Gasteiger partial charge < -0.3 is 13.9 Å². The molecule has 0 spiro atoms. The first-order valence-electron chi connectivity index (χ1n) is 12.1. The molecule has 0 amide bonds. The van der Waals surface area contributed by atoms with E-state index in [9.17, 15) is 43.0 Å². The van der Waals surface area contributed by atoms with Gasteiger partial charge in [0.1, 0.15) is 22.6 Å². The first kappa shape index (κ1) is 29.7. The molecule has 0 bridgehead atoms. The molecule has 0 saturated carbocycles. The fourth-order valence-electron chi connectivity index (χ4n) is 3.99. The van der Waals surface area contributed by atoms with Crippen molar-refractivity contribution in [3.8, 4) is 17.2 Å². The summed E-state index contributed by atoms with van der Waals surface area (Å²) in [7, 11) is 0. The molecule has 0 aliphatic heterocycles. The molecule has 42 heavy (non-hydrogen) atoms. The lowest BCUT2D eigenvalue weighted by molar-refractivity contribution is -0.395. The molecule has 0 atom stereocenters. The number of fused-ring (bicyclic) bond motifs is 1. The van der Waals surface area contributed by atoms with Crippen LogP contribution in [-0.2, 0) is 11.6 Å². The number of ether oxygens (including phenoxy) is 2. The van der Waals surface area contributed by atoms with Crippen LogP contribution in [0.25, 0.3) is 11.0 Å². The topological polar surface area (TPSA) is 152 Å². The van der Waals surface area contributed by atoms with Crippen molar-refractivity contribution in [3.05, 3.63) is 107 Å². The number of nitro groups is 2. The molecule has 11 nitrogen and oxygen atoms in total. The van der Waals surface area contributed by atoms with Crippen molar-refractivity contribution in [1.82, 2.24) is 0 Å². The van der Waals surface area contributed by atoms with E-state index in [1.54, 1.807) is 12.1 Å². The molecule has 0 aliphatic carbocycles. The summed E-state index contributed by atoms with van der Waals surface area (Å²) < 4.78 is 57.3. The number of carbonyl (C=O) groups is 1. The highest BCUT2D eigenvalue weighted by atomic mass is 19.4. The molecular formula is C28H21F3N2O9. The van der Waals surface area contributed by atoms with Crippen LogP contribution in [0.5, 0.6) is 17.2 Å². The van der Waals surface area contributed by atoms with Crippen LogP contribution in [0.3, 0.4) is 0 Å². The van der Waals surface area contributed by atoms with E-state index in [4.69, 9.17) is 13.9 Å². The number of rotatable bonds is 6. The van der Waals surface area contributed by atoms with Gasteiger partial charge in [-0.25, -0.2) is 4.79 Å². The Morgan fingerprint density at radius 1 is 0.881 bits per heavy atom. The van der Waals surface area contributed by atoms with E-state index >= 15 is 0 Å². The minimum Gasteiger partial charge on any atom is -0.449 e. The van der Waals surface area contributed by atoms with E-state index in [1.165, 1.54) is 12.1 Å². The van der Waals surface area contributed by atoms with Gasteiger partial charge in [-0.05, 0) is 42.2 Å². The van der Waals surface area contributed by atoms with Crippen LogP contribution in [0.15, 0.2) is 63.8 Å². The second-order valence-electron chi connectivity index (χ2n) is 10.2. The van der Waals surface area contributed by atoms with Gasteiger partial charge >= 0.3 is 12.1 Å². The summed E-state index contributed by atoms with van der Waals surface area (Å²) in [5, 5.41) is 22.3. The van der Waals surface area contributed by atoms with E-state index in [0.29, 0.717) is 0 Å². The lowest BCUT2D eigenvalue weighted by Crippen LogP contribution is -2.16. The summed E-state index contributed by atoms with van der Waals surface area (Å²) >= 11 is 0. The zero-order valence-corrected chi connectivity index (χ0v) is 22.4. The van der Waals surface area contributed by atoms with Crippen molar-refractivity contribution < 1.29 is 41.7 Å². The minimum absolute atomic E-state index is 0.0352. The fraction of sp³-hybridized carbons (Fsp3) is 0.214. The summed E-state index contributed by atoms with van der Waals surface area (Å²) in [6.45, 7) is 6.97. The highest BCUT2D eigenvalue weighted by Gasteiger charge is 2.40. The second-order valence-corrected chi connectivity index (χ2v) is 10.2. The van der Waals surface area contributed by atoms with Crippen LogP contribution in [0.4, 0.5) is 24.5 Å². The number of halogens is 3. The molecule has 0 radical (unpaired) electrons. The van der Waals surface area contributed by atoms with Crippen molar-refractivity contribution in [2.75, 3.05) is 0 Å². The molecule has 0 saturated heterocycles. The summed E-state index contributed by atoms with van der Waals surface area (Å²) in [6.07, 6.45) is -5.15. The molecule has 0 aliphatic rings. The van der Waals surface area contributed by atoms with Crippen molar-refractivity contribution >= 4 is 28.3 Å². The highest BCUT2D eigenvalue weighted by Crippen LogP contribution is 2.39. The molecule has 0 fully saturated rings. The predicted octanol–water partition coefficient (Wildman–Crippen LogP) is 7.25. The molecule has 0 N–H and O–H groups in total. The Morgan fingerprint density at radius 2 is 1.43 bits per heavy atom. The van der Waals surface area contributed by atoms with Crippen LogP contribution in [0, 0.1) is 27.2 Å². The van der Waals surface area contributed by atoms with Gasteiger partial charge in [-0.3, -0.25) is 25.0 Å². The second kappa shape index (κ2) is 10.6. The Bertz CT molecular complexity index is 1770. The quantitative estimate of drug-likeness (QED) is 0.0984. The number of benzene rings is 3. The maximum Gasteiger partial charge on any atom is 0.453 e. The average Bonchev–Trinajstić information content (AvgIpc) is 2.89. The summed E-state index contributed by atoms with van der Waals surface area (Å²) in [6, 6.07) is 10.6. The van der Waals surface area contributed by atoms with Crippen LogP contribution in [0.2, 0.25) is 0 Å². The van der Waals surface area contributed by atoms with Gasteiger partial charge in [-0.1, -0.05) is 32.9 Å². The number of alkyl halides is 3. The van der Waals surface area contributed by atoms with Crippen molar-refractivity contribution in [3.63, 3.8) is 0 Å². The third kappa shape index (κ3) is 5.92. The molecule has 14 heteroatoms. The lowest BCUT2D eigenvalue weighted by atomic mass is 9.87. The van der Waals surface area contributed by atoms with Crippen molar-refractivity contribution in [1.29, 1.82) is 0 Å². The molecule has 1 aromatic heterocycles. The highest BCUT2D eigenvalue weighted by molar-refractivity contribution is 5.93. The van der Waals surface area contributed by atoms with Gasteiger partial charge in [-0.2, -0.15) is 13.2 Å². The van der Waals surface area contributed by atoms with Gasteiger partial charge in [0.2, 0.25) is 11.2 Å². The van der Waals surface area contributed by atoms with Gasteiger partial charge in [0.15, 0.2) is 0 Å². The third-order valence-electron chi connectivity index (χ3n) is 6.21. The van der Waals surface area contributed by atoms with E-state index in [-0.39, 0.29) is 22.1 Å². The largest absolute Gasteiger partial charge is 0.453 e. The molecule has 218 valence electrons. The van der Waals surface area contributed by atoms with E-state index < -0.39 is 67.2 Å². The van der Waals surface area contributed by atoms with Crippen molar-refractivity contribution in [2.24, 2.45) is 0 Å². The van der Waals surface area contributed by atoms with Gasteiger partial charge in [-0.15, -0.1) is 0 Å². The smallest absolute Gasteiger partial charge is 0.449 e. The number of carbonyl (C=O) groups excluding carboxylic acids is 1. The summed E-state index contributed by atoms with van der Waals surface area (Å²) in [5.41, 5.74) is -3.38. The SMILES string of the molecule is Cc1c([N+](=O)[O-])cc(C(=O)Oc2ccc3c(=O)c(Oc4ccc(C(C)(C)C)cc4)c(C(F)(F)F)oc3c2)cc1[N+](=O)[O-].